The highest BCUT2D eigenvalue weighted by Gasteiger charge is 2.40. The summed E-state index contributed by atoms with van der Waals surface area (Å²) in [6.07, 6.45) is 4.44. The predicted molar refractivity (Wildman–Crippen MR) is 74.2 cm³/mol. The van der Waals surface area contributed by atoms with E-state index < -0.39 is 15.4 Å². The van der Waals surface area contributed by atoms with Crippen molar-refractivity contribution in [2.75, 3.05) is 25.1 Å². The second kappa shape index (κ2) is 5.39. The van der Waals surface area contributed by atoms with Gasteiger partial charge < -0.3 is 10.6 Å². The van der Waals surface area contributed by atoms with E-state index in [4.69, 9.17) is 5.73 Å². The van der Waals surface area contributed by atoms with Gasteiger partial charge in [0, 0.05) is 6.04 Å². The summed E-state index contributed by atoms with van der Waals surface area (Å²) in [6, 6.07) is 2.40. The molecule has 5 nitrogen and oxygen atoms in total. The van der Waals surface area contributed by atoms with Crippen LogP contribution in [0.25, 0.3) is 0 Å². The molecule has 3 unspecified atom stereocenters. The van der Waals surface area contributed by atoms with Crippen LogP contribution in [0.1, 0.15) is 32.1 Å². The summed E-state index contributed by atoms with van der Waals surface area (Å²) >= 11 is 0. The summed E-state index contributed by atoms with van der Waals surface area (Å²) in [5, 5.41) is 9.17. The van der Waals surface area contributed by atoms with Crippen molar-refractivity contribution in [1.82, 2.24) is 4.90 Å². The molecule has 2 rings (SSSR count). The molecule has 3 atom stereocenters. The fourth-order valence-corrected chi connectivity index (χ4v) is 5.12. The monoisotopic (exact) mass is 285 g/mol. The van der Waals surface area contributed by atoms with Crippen molar-refractivity contribution < 1.29 is 8.42 Å². The fourth-order valence-electron chi connectivity index (χ4n) is 3.32. The Hall–Kier alpha value is -0.640. The molecule has 1 saturated heterocycles. The van der Waals surface area contributed by atoms with Crippen LogP contribution in [0.2, 0.25) is 0 Å². The highest BCUT2D eigenvalue weighted by molar-refractivity contribution is 7.91. The standard InChI is InChI=1S/C13H23N3O2S/c1-16(12-5-8-19(17,18)9-12)7-4-11-3-2-6-13(11,15)10-14/h11-12H,2-9,15H2,1H3. The van der Waals surface area contributed by atoms with Crippen molar-refractivity contribution in [3.8, 4) is 6.07 Å². The predicted octanol–water partition coefficient (Wildman–Crippen LogP) is 0.517. The number of rotatable bonds is 4. The first-order chi connectivity index (χ1) is 8.86. The molecule has 0 radical (unpaired) electrons. The Morgan fingerprint density at radius 3 is 2.79 bits per heavy atom. The summed E-state index contributed by atoms with van der Waals surface area (Å²) in [4.78, 5) is 2.13. The number of hydrogen-bond acceptors (Lipinski definition) is 5. The Kier molecular flexibility index (Phi) is 4.19. The number of sulfone groups is 1. The molecule has 0 aromatic rings. The van der Waals surface area contributed by atoms with E-state index in [0.29, 0.717) is 5.75 Å². The van der Waals surface area contributed by atoms with Crippen molar-refractivity contribution in [3.63, 3.8) is 0 Å². The largest absolute Gasteiger partial charge is 0.313 e. The van der Waals surface area contributed by atoms with E-state index in [9.17, 15) is 13.7 Å². The van der Waals surface area contributed by atoms with Crippen LogP contribution >= 0.6 is 0 Å². The number of nitrogens with two attached hydrogens (primary N) is 1. The number of nitriles is 1. The van der Waals surface area contributed by atoms with Crippen molar-refractivity contribution in [2.24, 2.45) is 11.7 Å². The molecule has 0 bridgehead atoms. The Morgan fingerprint density at radius 1 is 1.47 bits per heavy atom. The fraction of sp³-hybridized carbons (Fsp3) is 0.923. The van der Waals surface area contributed by atoms with Gasteiger partial charge in [-0.3, -0.25) is 0 Å². The summed E-state index contributed by atoms with van der Waals surface area (Å²) in [5.74, 6) is 0.836. The van der Waals surface area contributed by atoms with Crippen LogP contribution in [0.3, 0.4) is 0 Å². The molecular formula is C13H23N3O2S. The quantitative estimate of drug-likeness (QED) is 0.813. The molecule has 6 heteroatoms. The molecule has 0 aromatic heterocycles. The van der Waals surface area contributed by atoms with Gasteiger partial charge in [0.2, 0.25) is 0 Å². The molecule has 2 fully saturated rings. The molecule has 108 valence electrons. The lowest BCUT2D eigenvalue weighted by atomic mass is 9.87. The topological polar surface area (TPSA) is 87.2 Å². The van der Waals surface area contributed by atoms with Gasteiger partial charge in [-0.15, -0.1) is 0 Å². The van der Waals surface area contributed by atoms with Crippen LogP contribution in [0.4, 0.5) is 0 Å². The summed E-state index contributed by atoms with van der Waals surface area (Å²) < 4.78 is 22.9. The molecule has 1 aliphatic carbocycles. The van der Waals surface area contributed by atoms with Gasteiger partial charge >= 0.3 is 0 Å². The zero-order chi connectivity index (χ0) is 14.1. The molecule has 1 heterocycles. The lowest BCUT2D eigenvalue weighted by molar-refractivity contribution is 0.228. The van der Waals surface area contributed by atoms with Crippen LogP contribution in [0, 0.1) is 17.2 Å². The van der Waals surface area contributed by atoms with Gasteiger partial charge in [0.05, 0.1) is 17.6 Å². The van der Waals surface area contributed by atoms with E-state index in [1.807, 2.05) is 7.05 Å². The third-order valence-electron chi connectivity index (χ3n) is 4.74. The smallest absolute Gasteiger partial charge is 0.151 e. The van der Waals surface area contributed by atoms with Gasteiger partial charge in [0.15, 0.2) is 9.84 Å². The van der Waals surface area contributed by atoms with Crippen molar-refractivity contribution >= 4 is 9.84 Å². The third-order valence-corrected chi connectivity index (χ3v) is 6.49. The van der Waals surface area contributed by atoms with Gasteiger partial charge in [-0.25, -0.2) is 8.42 Å². The second-order valence-corrected chi connectivity index (χ2v) is 8.30. The molecule has 19 heavy (non-hydrogen) atoms. The van der Waals surface area contributed by atoms with E-state index >= 15 is 0 Å². The Labute approximate surface area is 115 Å². The molecule has 0 aromatic carbocycles. The average Bonchev–Trinajstić information content (AvgIpc) is 2.90. The minimum atomic E-state index is -2.82. The lowest BCUT2D eigenvalue weighted by Gasteiger charge is -2.28. The zero-order valence-electron chi connectivity index (χ0n) is 11.5. The van der Waals surface area contributed by atoms with Gasteiger partial charge in [0.25, 0.3) is 0 Å². The highest BCUT2D eigenvalue weighted by atomic mass is 32.2. The van der Waals surface area contributed by atoms with Crippen LogP contribution in [0.15, 0.2) is 0 Å². The minimum Gasteiger partial charge on any atom is -0.313 e. The summed E-state index contributed by atoms with van der Waals surface area (Å²) in [5.41, 5.74) is 5.45. The van der Waals surface area contributed by atoms with Gasteiger partial charge in [-0.05, 0) is 45.2 Å². The zero-order valence-corrected chi connectivity index (χ0v) is 12.3. The van der Waals surface area contributed by atoms with Gasteiger partial charge in [-0.1, -0.05) is 6.42 Å². The number of hydrogen-bond donors (Lipinski definition) is 1. The first kappa shape index (κ1) is 14.8. The van der Waals surface area contributed by atoms with Gasteiger partial charge in [0.1, 0.15) is 5.54 Å². The number of nitrogens with zero attached hydrogens (tertiary/aromatic N) is 2. The molecule has 1 aliphatic heterocycles. The maximum Gasteiger partial charge on any atom is 0.151 e. The first-order valence-corrected chi connectivity index (χ1v) is 8.79. The Balaban J connectivity index is 1.85. The molecule has 0 amide bonds. The minimum absolute atomic E-state index is 0.140. The molecule has 1 saturated carbocycles. The second-order valence-electron chi connectivity index (χ2n) is 6.07. The highest BCUT2D eigenvalue weighted by Crippen LogP contribution is 2.35. The summed E-state index contributed by atoms with van der Waals surface area (Å²) in [6.45, 7) is 0.825. The molecule has 2 N–H and O–H groups in total. The van der Waals surface area contributed by atoms with Gasteiger partial charge in [-0.2, -0.15) is 5.26 Å². The van der Waals surface area contributed by atoms with E-state index in [-0.39, 0.29) is 17.7 Å². The molecular weight excluding hydrogens is 262 g/mol. The lowest BCUT2D eigenvalue weighted by Crippen LogP contribution is -2.43. The van der Waals surface area contributed by atoms with E-state index in [1.165, 1.54) is 0 Å². The summed E-state index contributed by atoms with van der Waals surface area (Å²) in [7, 11) is -0.847. The van der Waals surface area contributed by atoms with E-state index in [2.05, 4.69) is 11.0 Å². The van der Waals surface area contributed by atoms with Crippen LogP contribution in [-0.4, -0.2) is 50.0 Å². The van der Waals surface area contributed by atoms with Crippen molar-refractivity contribution in [3.05, 3.63) is 0 Å². The van der Waals surface area contributed by atoms with Crippen LogP contribution < -0.4 is 5.73 Å². The Morgan fingerprint density at radius 2 is 2.21 bits per heavy atom. The van der Waals surface area contributed by atoms with Crippen molar-refractivity contribution in [1.29, 1.82) is 5.26 Å². The molecule has 0 spiro atoms. The van der Waals surface area contributed by atoms with Crippen molar-refractivity contribution in [2.45, 2.75) is 43.7 Å². The van der Waals surface area contributed by atoms with E-state index in [0.717, 1.165) is 38.6 Å². The SMILES string of the molecule is CN(CCC1CCCC1(N)C#N)C1CCS(=O)(=O)C1. The van der Waals surface area contributed by atoms with Crippen LogP contribution in [0.5, 0.6) is 0 Å². The maximum atomic E-state index is 11.5. The first-order valence-electron chi connectivity index (χ1n) is 6.97. The van der Waals surface area contributed by atoms with Crippen LogP contribution in [-0.2, 0) is 9.84 Å². The Bertz CT molecular complexity index is 471. The average molecular weight is 285 g/mol. The third kappa shape index (κ3) is 3.28. The normalized spacial score (nSPS) is 37.6. The van der Waals surface area contributed by atoms with E-state index in [1.54, 1.807) is 0 Å². The molecule has 2 aliphatic rings. The maximum absolute atomic E-state index is 11.5.